The van der Waals surface area contributed by atoms with Crippen molar-refractivity contribution in [2.45, 2.75) is 32.1 Å². The molecular weight excluding hydrogens is 435 g/mol. The van der Waals surface area contributed by atoms with Crippen LogP contribution in [0.5, 0.6) is 0 Å². The smallest absolute Gasteiger partial charge is 0.348 e. The third-order valence-electron chi connectivity index (χ3n) is 6.80. The van der Waals surface area contributed by atoms with Gasteiger partial charge in [0.05, 0.1) is 6.26 Å². The Morgan fingerprint density at radius 2 is 2.15 bits per heavy atom. The molecule has 6 rings (SSSR count). The summed E-state index contributed by atoms with van der Waals surface area (Å²) in [7, 11) is 0. The van der Waals surface area contributed by atoms with Crippen LogP contribution in [0.15, 0.2) is 51.6 Å². The number of rotatable bonds is 5. The Labute approximate surface area is 194 Å². The van der Waals surface area contributed by atoms with Crippen molar-refractivity contribution in [3.63, 3.8) is 0 Å². The maximum Gasteiger partial charge on any atom is 0.348 e. The molecule has 3 aromatic rings. The van der Waals surface area contributed by atoms with Crippen molar-refractivity contribution >= 4 is 28.1 Å². The van der Waals surface area contributed by atoms with Crippen LogP contribution in [0.25, 0.3) is 22.2 Å². The molecule has 1 atom stereocenters. The van der Waals surface area contributed by atoms with E-state index in [1.165, 1.54) is 10.6 Å². The highest BCUT2D eigenvalue weighted by Crippen LogP contribution is 2.33. The van der Waals surface area contributed by atoms with Crippen LogP contribution in [-0.4, -0.2) is 38.7 Å². The number of fused-ring (bicyclic) bond motifs is 1. The van der Waals surface area contributed by atoms with Crippen LogP contribution in [0.2, 0.25) is 0 Å². The average molecular weight is 458 g/mol. The van der Waals surface area contributed by atoms with Gasteiger partial charge in [-0.2, -0.15) is 5.10 Å². The number of aromatic amines is 1. The van der Waals surface area contributed by atoms with Gasteiger partial charge in [0.25, 0.3) is 0 Å². The van der Waals surface area contributed by atoms with Crippen LogP contribution in [0.4, 0.5) is 4.39 Å². The van der Waals surface area contributed by atoms with Gasteiger partial charge >= 0.3 is 5.69 Å². The highest BCUT2D eigenvalue weighted by atomic mass is 19.1. The van der Waals surface area contributed by atoms with Gasteiger partial charge in [-0.1, -0.05) is 12.0 Å². The molecule has 1 aliphatic heterocycles. The lowest BCUT2D eigenvalue weighted by molar-refractivity contribution is -0.131. The summed E-state index contributed by atoms with van der Waals surface area (Å²) in [5, 5.41) is 7.54. The Hall–Kier alpha value is -3.86. The first-order valence-corrected chi connectivity index (χ1v) is 11.6. The standard InChI is InChI=1S/C26H23FN4O3/c27-21-14-18(19-6-7-23-20(13-19)9-11-34-23)2-1-3-22(21)31-24(28-29-26(31)33)12-16-8-10-30(15-16)25(32)17-4-5-17/h6-7,9,11,13-14,16-17H,2,4-5,8,10,12,15H2,(H,29,33)/t16-/m0/s1. The molecule has 8 heteroatoms. The average Bonchev–Trinajstić information content (AvgIpc) is 3.30. The lowest BCUT2D eigenvalue weighted by atomic mass is 10.0. The van der Waals surface area contributed by atoms with Crippen molar-refractivity contribution in [1.82, 2.24) is 19.7 Å². The Bertz CT molecular complexity index is 1470. The van der Waals surface area contributed by atoms with E-state index < -0.39 is 11.5 Å². The number of hydrogen-bond donors (Lipinski definition) is 1. The molecule has 7 nitrogen and oxygen atoms in total. The first-order valence-electron chi connectivity index (χ1n) is 11.6. The highest BCUT2D eigenvalue weighted by molar-refractivity contribution is 5.85. The molecule has 0 radical (unpaired) electrons. The van der Waals surface area contributed by atoms with E-state index in [9.17, 15) is 9.59 Å². The summed E-state index contributed by atoms with van der Waals surface area (Å²) in [5.74, 6) is 6.31. The molecule has 3 aliphatic rings. The van der Waals surface area contributed by atoms with Gasteiger partial charge in [-0.15, -0.1) is 0 Å². The van der Waals surface area contributed by atoms with Crippen molar-refractivity contribution in [3.05, 3.63) is 64.3 Å². The number of allylic oxidation sites excluding steroid dienone is 4. The van der Waals surface area contributed by atoms with Crippen LogP contribution in [-0.2, 0) is 11.2 Å². The van der Waals surface area contributed by atoms with E-state index in [-0.39, 0.29) is 23.4 Å². The second-order valence-corrected chi connectivity index (χ2v) is 9.22. The zero-order valence-corrected chi connectivity index (χ0v) is 18.5. The third kappa shape index (κ3) is 3.77. The highest BCUT2D eigenvalue weighted by Gasteiger charge is 2.37. The molecule has 0 bridgehead atoms. The topological polar surface area (TPSA) is 84.1 Å². The number of benzene rings is 1. The number of carbonyl (C=O) groups is 1. The van der Waals surface area contributed by atoms with Gasteiger partial charge in [-0.05, 0) is 66.5 Å². The van der Waals surface area contributed by atoms with Crippen molar-refractivity contribution < 1.29 is 13.6 Å². The van der Waals surface area contributed by atoms with Crippen molar-refractivity contribution in [2.24, 2.45) is 11.8 Å². The van der Waals surface area contributed by atoms with Gasteiger partial charge < -0.3 is 9.32 Å². The molecular formula is C26H23FN4O3. The Morgan fingerprint density at radius 3 is 3.00 bits per heavy atom. The Balaban J connectivity index is 1.28. The minimum absolute atomic E-state index is 0.00273. The maximum atomic E-state index is 15.4. The third-order valence-corrected chi connectivity index (χ3v) is 6.80. The summed E-state index contributed by atoms with van der Waals surface area (Å²) in [5.41, 5.74) is 1.82. The molecule has 172 valence electrons. The molecule has 2 fully saturated rings. The molecule has 1 N–H and O–H groups in total. The first kappa shape index (κ1) is 20.7. The zero-order chi connectivity index (χ0) is 23.2. The number of amides is 1. The number of hydrogen-bond acceptors (Lipinski definition) is 4. The minimum atomic E-state index is -0.575. The second-order valence-electron chi connectivity index (χ2n) is 9.22. The van der Waals surface area contributed by atoms with Gasteiger partial charge in [0.1, 0.15) is 17.1 Å². The first-order chi connectivity index (χ1) is 16.6. The fourth-order valence-corrected chi connectivity index (χ4v) is 4.81. The van der Waals surface area contributed by atoms with E-state index in [1.54, 1.807) is 6.26 Å². The molecule has 34 heavy (non-hydrogen) atoms. The summed E-state index contributed by atoms with van der Waals surface area (Å²) in [6.45, 7) is 1.36. The van der Waals surface area contributed by atoms with Gasteiger partial charge in [0.2, 0.25) is 5.91 Å². The second kappa shape index (κ2) is 8.17. The normalized spacial score (nSPS) is 20.3. The van der Waals surface area contributed by atoms with Gasteiger partial charge in [-0.25, -0.2) is 18.9 Å². The summed E-state index contributed by atoms with van der Waals surface area (Å²) < 4.78 is 22.1. The van der Waals surface area contributed by atoms with Gasteiger partial charge in [0.15, 0.2) is 5.83 Å². The largest absolute Gasteiger partial charge is 0.464 e. The number of aromatic nitrogens is 3. The molecule has 1 saturated carbocycles. The molecule has 0 unspecified atom stereocenters. The number of nitrogens with zero attached hydrogens (tertiary/aromatic N) is 3. The predicted molar refractivity (Wildman–Crippen MR) is 125 cm³/mol. The number of furan rings is 1. The fourth-order valence-electron chi connectivity index (χ4n) is 4.81. The molecule has 0 spiro atoms. The molecule has 1 amide bonds. The Kier molecular flexibility index (Phi) is 4.98. The van der Waals surface area contributed by atoms with E-state index in [2.05, 4.69) is 22.0 Å². The number of likely N-dealkylation sites (tertiary alicyclic amines) is 1. The SMILES string of the molecule is O=C(C1CC1)N1CC[C@@H](Cc2n[nH]c(=O)n2C2=C(F)C=C(c3ccc4occc4c3)CC#C2)C1. The zero-order valence-electron chi connectivity index (χ0n) is 18.5. The summed E-state index contributed by atoms with van der Waals surface area (Å²) in [4.78, 5) is 26.9. The van der Waals surface area contributed by atoms with Crippen LogP contribution in [0, 0.1) is 23.7 Å². The van der Waals surface area contributed by atoms with Crippen LogP contribution >= 0.6 is 0 Å². The van der Waals surface area contributed by atoms with Crippen molar-refractivity contribution in [3.8, 4) is 11.8 Å². The lowest BCUT2D eigenvalue weighted by Crippen LogP contribution is -2.30. The van der Waals surface area contributed by atoms with E-state index in [0.29, 0.717) is 25.2 Å². The van der Waals surface area contributed by atoms with Gasteiger partial charge in [-0.3, -0.25) is 4.79 Å². The minimum Gasteiger partial charge on any atom is -0.464 e. The van der Waals surface area contributed by atoms with Crippen LogP contribution in [0.3, 0.4) is 0 Å². The molecule has 1 aromatic carbocycles. The predicted octanol–water partition coefficient (Wildman–Crippen LogP) is 3.75. The van der Waals surface area contributed by atoms with Crippen LogP contribution < -0.4 is 5.69 Å². The van der Waals surface area contributed by atoms with Gasteiger partial charge in [0, 0.05) is 37.2 Å². The van der Waals surface area contributed by atoms with Crippen LogP contribution in [0.1, 0.15) is 37.1 Å². The molecule has 2 aromatic heterocycles. The Morgan fingerprint density at radius 1 is 1.26 bits per heavy atom. The molecule has 1 saturated heterocycles. The van der Waals surface area contributed by atoms with E-state index in [0.717, 1.165) is 47.9 Å². The summed E-state index contributed by atoms with van der Waals surface area (Å²) >= 11 is 0. The lowest BCUT2D eigenvalue weighted by Gasteiger charge is -2.16. The quantitative estimate of drug-likeness (QED) is 0.591. The number of H-pyrrole nitrogens is 1. The fraction of sp³-hybridized carbons (Fsp3) is 0.346. The van der Waals surface area contributed by atoms with Crippen molar-refractivity contribution in [2.75, 3.05) is 13.1 Å². The van der Waals surface area contributed by atoms with E-state index in [1.807, 2.05) is 29.2 Å². The number of carbonyl (C=O) groups excluding carboxylic acids is 1. The number of halogens is 1. The summed E-state index contributed by atoms with van der Waals surface area (Å²) in [6.07, 6.45) is 6.67. The summed E-state index contributed by atoms with van der Waals surface area (Å²) in [6, 6.07) is 7.53. The van der Waals surface area contributed by atoms with E-state index in [4.69, 9.17) is 4.42 Å². The number of nitrogens with one attached hydrogen (secondary N) is 1. The maximum absolute atomic E-state index is 15.4. The monoisotopic (exact) mass is 458 g/mol. The molecule has 3 heterocycles. The molecule has 2 aliphatic carbocycles. The van der Waals surface area contributed by atoms with E-state index >= 15 is 4.39 Å². The van der Waals surface area contributed by atoms with Crippen molar-refractivity contribution in [1.29, 1.82) is 0 Å².